The van der Waals surface area contributed by atoms with Gasteiger partial charge >= 0.3 is 0 Å². The first-order chi connectivity index (χ1) is 12.5. The third-order valence-electron chi connectivity index (χ3n) is 4.01. The van der Waals surface area contributed by atoms with Gasteiger partial charge in [0.25, 0.3) is 5.91 Å². The van der Waals surface area contributed by atoms with Crippen molar-refractivity contribution in [3.63, 3.8) is 0 Å². The molecule has 2 unspecified atom stereocenters. The van der Waals surface area contributed by atoms with Crippen molar-refractivity contribution in [2.24, 2.45) is 0 Å². The van der Waals surface area contributed by atoms with E-state index in [2.05, 4.69) is 20.8 Å². The lowest BCUT2D eigenvalue weighted by molar-refractivity contribution is -0.122. The van der Waals surface area contributed by atoms with Gasteiger partial charge in [0.2, 0.25) is 5.91 Å². The van der Waals surface area contributed by atoms with E-state index in [1.807, 2.05) is 41.8 Å². The molecule has 0 aliphatic carbocycles. The van der Waals surface area contributed by atoms with Gasteiger partial charge in [0, 0.05) is 24.2 Å². The summed E-state index contributed by atoms with van der Waals surface area (Å²) in [5.41, 5.74) is 1.30. The highest BCUT2D eigenvalue weighted by Gasteiger charge is 2.18. The normalized spacial score (nSPS) is 13.2. The molecule has 0 radical (unpaired) electrons. The summed E-state index contributed by atoms with van der Waals surface area (Å²) in [6, 6.07) is 14.0. The summed E-state index contributed by atoms with van der Waals surface area (Å²) in [5.74, 6) is 0.309. The molecular weight excluding hydrogens is 330 g/mol. The zero-order valence-corrected chi connectivity index (χ0v) is 14.7. The molecule has 0 saturated carbocycles. The van der Waals surface area contributed by atoms with Crippen molar-refractivity contribution in [3.05, 3.63) is 66.1 Å². The molecule has 2 atom stereocenters. The van der Waals surface area contributed by atoms with Crippen molar-refractivity contribution >= 4 is 17.5 Å². The second kappa shape index (κ2) is 7.77. The average molecular weight is 351 g/mol. The van der Waals surface area contributed by atoms with Crippen LogP contribution in [0.25, 0.3) is 5.65 Å². The molecule has 0 bridgehead atoms. The van der Waals surface area contributed by atoms with E-state index >= 15 is 0 Å². The smallest absolute Gasteiger partial charge is 0.251 e. The standard InChI is InChI=1S/C19H21N5O2/c1-13(20-19(26)15-8-4-3-5-9-15)12-17(25)21-14(2)18-23-22-16-10-6-7-11-24(16)18/h3-11,13-14H,12H2,1-2H3,(H,20,26)(H,21,25). The van der Waals surface area contributed by atoms with Crippen molar-refractivity contribution in [1.29, 1.82) is 0 Å². The molecule has 0 spiro atoms. The van der Waals surface area contributed by atoms with Crippen LogP contribution in [0.15, 0.2) is 54.7 Å². The summed E-state index contributed by atoms with van der Waals surface area (Å²) in [6.45, 7) is 3.66. The molecule has 2 amide bonds. The highest BCUT2D eigenvalue weighted by molar-refractivity contribution is 5.94. The maximum absolute atomic E-state index is 12.3. The van der Waals surface area contributed by atoms with Crippen LogP contribution in [0.4, 0.5) is 0 Å². The Bertz CT molecular complexity index is 906. The fourth-order valence-corrected chi connectivity index (χ4v) is 2.75. The quantitative estimate of drug-likeness (QED) is 0.712. The van der Waals surface area contributed by atoms with Gasteiger partial charge in [0.1, 0.15) is 0 Å². The van der Waals surface area contributed by atoms with E-state index < -0.39 is 0 Å². The molecule has 26 heavy (non-hydrogen) atoms. The molecular formula is C19H21N5O2. The Morgan fingerprint density at radius 1 is 1.00 bits per heavy atom. The number of nitrogens with one attached hydrogen (secondary N) is 2. The van der Waals surface area contributed by atoms with Crippen LogP contribution in [0.3, 0.4) is 0 Å². The second-order valence-corrected chi connectivity index (χ2v) is 6.22. The van der Waals surface area contributed by atoms with Crippen LogP contribution in [0.1, 0.15) is 42.5 Å². The predicted octanol–water partition coefficient (Wildman–Crippen LogP) is 2.12. The highest BCUT2D eigenvalue weighted by atomic mass is 16.2. The molecule has 7 heteroatoms. The summed E-state index contributed by atoms with van der Waals surface area (Å²) in [6.07, 6.45) is 2.04. The minimum Gasteiger partial charge on any atom is -0.349 e. The fourth-order valence-electron chi connectivity index (χ4n) is 2.75. The summed E-state index contributed by atoms with van der Waals surface area (Å²) < 4.78 is 1.84. The molecule has 3 aromatic rings. The Balaban J connectivity index is 1.55. The Kier molecular flexibility index (Phi) is 5.26. The number of carbonyl (C=O) groups is 2. The van der Waals surface area contributed by atoms with Crippen LogP contribution < -0.4 is 10.6 Å². The number of amides is 2. The van der Waals surface area contributed by atoms with Crippen molar-refractivity contribution in [2.75, 3.05) is 0 Å². The highest BCUT2D eigenvalue weighted by Crippen LogP contribution is 2.12. The third-order valence-corrected chi connectivity index (χ3v) is 4.01. The largest absolute Gasteiger partial charge is 0.349 e. The number of fused-ring (bicyclic) bond motifs is 1. The number of hydrogen-bond acceptors (Lipinski definition) is 4. The summed E-state index contributed by atoms with van der Waals surface area (Å²) >= 11 is 0. The van der Waals surface area contributed by atoms with Gasteiger partial charge in [-0.25, -0.2) is 0 Å². The molecule has 134 valence electrons. The average Bonchev–Trinajstić information content (AvgIpc) is 3.06. The van der Waals surface area contributed by atoms with Gasteiger partial charge in [-0.1, -0.05) is 24.3 Å². The molecule has 0 aliphatic rings. The zero-order chi connectivity index (χ0) is 18.5. The molecule has 1 aromatic carbocycles. The van der Waals surface area contributed by atoms with Gasteiger partial charge in [-0.3, -0.25) is 14.0 Å². The molecule has 0 fully saturated rings. The van der Waals surface area contributed by atoms with Gasteiger partial charge in [-0.05, 0) is 38.1 Å². The summed E-state index contributed by atoms with van der Waals surface area (Å²) in [4.78, 5) is 24.4. The van der Waals surface area contributed by atoms with Crippen LogP contribution in [0.2, 0.25) is 0 Å². The first kappa shape index (κ1) is 17.6. The number of pyridine rings is 1. The second-order valence-electron chi connectivity index (χ2n) is 6.22. The number of nitrogens with zero attached hydrogens (tertiary/aromatic N) is 3. The molecule has 2 aromatic heterocycles. The maximum Gasteiger partial charge on any atom is 0.251 e. The van der Waals surface area contributed by atoms with Crippen molar-refractivity contribution in [1.82, 2.24) is 25.2 Å². The Labute approximate surface area is 151 Å². The van der Waals surface area contributed by atoms with Gasteiger partial charge in [-0.2, -0.15) is 0 Å². The molecule has 0 saturated heterocycles. The van der Waals surface area contributed by atoms with E-state index in [0.29, 0.717) is 11.4 Å². The van der Waals surface area contributed by atoms with Gasteiger partial charge < -0.3 is 10.6 Å². The lowest BCUT2D eigenvalue weighted by Crippen LogP contribution is -2.38. The van der Waals surface area contributed by atoms with Crippen LogP contribution in [-0.2, 0) is 4.79 Å². The van der Waals surface area contributed by atoms with E-state index in [1.54, 1.807) is 31.2 Å². The summed E-state index contributed by atoms with van der Waals surface area (Å²) in [7, 11) is 0. The van der Waals surface area contributed by atoms with E-state index in [0.717, 1.165) is 5.65 Å². The van der Waals surface area contributed by atoms with E-state index in [-0.39, 0.29) is 30.3 Å². The lowest BCUT2D eigenvalue weighted by Gasteiger charge is -2.16. The molecule has 0 aliphatic heterocycles. The van der Waals surface area contributed by atoms with Crippen LogP contribution >= 0.6 is 0 Å². The number of carbonyl (C=O) groups excluding carboxylic acids is 2. The molecule has 2 heterocycles. The SMILES string of the molecule is CC(CC(=O)NC(C)c1nnc2ccccn12)NC(=O)c1ccccc1. The van der Waals surface area contributed by atoms with Crippen LogP contribution in [0.5, 0.6) is 0 Å². The Morgan fingerprint density at radius 2 is 1.73 bits per heavy atom. The van der Waals surface area contributed by atoms with Gasteiger partial charge in [0.05, 0.1) is 6.04 Å². The minimum absolute atomic E-state index is 0.161. The monoisotopic (exact) mass is 351 g/mol. The minimum atomic E-state index is -0.295. The maximum atomic E-state index is 12.3. The number of rotatable bonds is 6. The molecule has 2 N–H and O–H groups in total. The van der Waals surface area contributed by atoms with E-state index in [1.165, 1.54) is 0 Å². The van der Waals surface area contributed by atoms with Crippen molar-refractivity contribution in [2.45, 2.75) is 32.4 Å². The van der Waals surface area contributed by atoms with Crippen LogP contribution in [0, 0.1) is 0 Å². The summed E-state index contributed by atoms with van der Waals surface area (Å²) in [5, 5.41) is 14.0. The fraction of sp³-hybridized carbons (Fsp3) is 0.263. The topological polar surface area (TPSA) is 88.4 Å². The van der Waals surface area contributed by atoms with Crippen molar-refractivity contribution in [3.8, 4) is 0 Å². The number of aromatic nitrogens is 3. The molecule has 7 nitrogen and oxygen atoms in total. The van der Waals surface area contributed by atoms with Gasteiger partial charge in [0.15, 0.2) is 11.5 Å². The first-order valence-electron chi connectivity index (χ1n) is 8.49. The Hall–Kier alpha value is -3.22. The third kappa shape index (κ3) is 4.05. The predicted molar refractivity (Wildman–Crippen MR) is 97.5 cm³/mol. The lowest BCUT2D eigenvalue weighted by atomic mass is 10.1. The first-order valence-corrected chi connectivity index (χ1v) is 8.49. The van der Waals surface area contributed by atoms with E-state index in [4.69, 9.17) is 0 Å². The van der Waals surface area contributed by atoms with E-state index in [9.17, 15) is 9.59 Å². The zero-order valence-electron chi connectivity index (χ0n) is 14.7. The van der Waals surface area contributed by atoms with Crippen molar-refractivity contribution < 1.29 is 9.59 Å². The van der Waals surface area contributed by atoms with Crippen LogP contribution in [-0.4, -0.2) is 32.5 Å². The Morgan fingerprint density at radius 3 is 2.50 bits per heavy atom. The molecule has 3 rings (SSSR count). The number of hydrogen-bond donors (Lipinski definition) is 2. The van der Waals surface area contributed by atoms with Gasteiger partial charge in [-0.15, -0.1) is 10.2 Å². The number of benzene rings is 1.